The molecule has 1 N–H and O–H groups in total. The molecule has 1 heterocycles. The number of hydrogen-bond donors (Lipinski definition) is 1. The number of ether oxygens (including phenoxy) is 2. The van der Waals surface area contributed by atoms with Crippen LogP contribution in [0.4, 0.5) is 0 Å². The third-order valence-electron chi connectivity index (χ3n) is 2.91. The largest absolute Gasteiger partial charge is 0.493 e. The molecule has 1 aromatic heterocycles. The Morgan fingerprint density at radius 3 is 2.39 bits per heavy atom. The predicted octanol–water partition coefficient (Wildman–Crippen LogP) is 2.50. The number of benzene rings is 1. The van der Waals surface area contributed by atoms with Crippen LogP contribution >= 0.6 is 0 Å². The van der Waals surface area contributed by atoms with Crippen LogP contribution in [0.15, 0.2) is 23.0 Å². The molecule has 2 rings (SSSR count). The third-order valence-corrected chi connectivity index (χ3v) is 2.91. The van der Waals surface area contributed by atoms with E-state index in [-0.39, 0.29) is 5.43 Å². The van der Waals surface area contributed by atoms with E-state index in [1.54, 1.807) is 32.4 Å². The lowest BCUT2D eigenvalue weighted by Crippen LogP contribution is -2.06. The summed E-state index contributed by atoms with van der Waals surface area (Å²) in [7, 11) is 3.14. The maximum atomic E-state index is 12.0. The van der Waals surface area contributed by atoms with Gasteiger partial charge in [-0.15, -0.1) is 0 Å². The highest BCUT2D eigenvalue weighted by Gasteiger charge is 2.09. The molecule has 0 bridgehead atoms. The molecule has 0 saturated heterocycles. The first-order valence-corrected chi connectivity index (χ1v) is 5.97. The summed E-state index contributed by atoms with van der Waals surface area (Å²) < 4.78 is 10.4. The number of methoxy groups -OCH3 is 2. The van der Waals surface area contributed by atoms with E-state index >= 15 is 0 Å². The van der Waals surface area contributed by atoms with Crippen LogP contribution < -0.4 is 14.9 Å². The number of nitrogens with one attached hydrogen (secondary N) is 1. The second-order valence-electron chi connectivity index (χ2n) is 4.16. The molecule has 1 aromatic carbocycles. The van der Waals surface area contributed by atoms with Crippen LogP contribution in [0.5, 0.6) is 11.5 Å². The zero-order valence-electron chi connectivity index (χ0n) is 10.9. The van der Waals surface area contributed by atoms with Gasteiger partial charge in [0.05, 0.1) is 19.7 Å². The van der Waals surface area contributed by atoms with E-state index < -0.39 is 0 Å². The number of H-pyrrole nitrogens is 1. The highest BCUT2D eigenvalue weighted by atomic mass is 16.5. The summed E-state index contributed by atoms with van der Waals surface area (Å²) >= 11 is 0. The van der Waals surface area contributed by atoms with E-state index in [0.29, 0.717) is 16.9 Å². The maximum absolute atomic E-state index is 12.0. The van der Waals surface area contributed by atoms with E-state index in [2.05, 4.69) is 11.9 Å². The van der Waals surface area contributed by atoms with Gasteiger partial charge < -0.3 is 14.5 Å². The Labute approximate surface area is 106 Å². The van der Waals surface area contributed by atoms with Crippen molar-refractivity contribution >= 4 is 10.9 Å². The van der Waals surface area contributed by atoms with Crippen molar-refractivity contribution < 1.29 is 9.47 Å². The van der Waals surface area contributed by atoms with Crippen molar-refractivity contribution in [2.45, 2.75) is 19.8 Å². The molecule has 0 radical (unpaired) electrons. The van der Waals surface area contributed by atoms with Crippen molar-refractivity contribution in [2.75, 3.05) is 14.2 Å². The minimum absolute atomic E-state index is 0.00755. The number of aromatic nitrogens is 1. The van der Waals surface area contributed by atoms with Crippen LogP contribution in [0, 0.1) is 0 Å². The molecule has 0 saturated carbocycles. The summed E-state index contributed by atoms with van der Waals surface area (Å²) in [5.41, 5.74) is 1.74. The number of pyridine rings is 1. The van der Waals surface area contributed by atoms with Gasteiger partial charge in [0.1, 0.15) is 0 Å². The zero-order chi connectivity index (χ0) is 13.1. The summed E-state index contributed by atoms with van der Waals surface area (Å²) in [4.78, 5) is 15.3. The summed E-state index contributed by atoms with van der Waals surface area (Å²) in [6, 6.07) is 5.16. The number of aryl methyl sites for hydroxylation is 1. The Bertz CT molecular complexity index is 616. The van der Waals surface area contributed by atoms with Gasteiger partial charge in [-0.1, -0.05) is 13.3 Å². The fourth-order valence-corrected chi connectivity index (χ4v) is 2.04. The van der Waals surface area contributed by atoms with Crippen molar-refractivity contribution in [1.82, 2.24) is 4.98 Å². The van der Waals surface area contributed by atoms with Gasteiger partial charge in [-0.2, -0.15) is 0 Å². The molecule has 4 nitrogen and oxygen atoms in total. The van der Waals surface area contributed by atoms with Crippen molar-refractivity contribution in [2.24, 2.45) is 0 Å². The summed E-state index contributed by atoms with van der Waals surface area (Å²) in [5.74, 6) is 1.19. The van der Waals surface area contributed by atoms with Crippen molar-refractivity contribution in [3.05, 3.63) is 34.1 Å². The lowest BCUT2D eigenvalue weighted by Gasteiger charge is -2.10. The molecule has 4 heteroatoms. The molecular formula is C14H17NO3. The maximum Gasteiger partial charge on any atom is 0.189 e. The normalized spacial score (nSPS) is 10.6. The molecule has 2 aromatic rings. The first kappa shape index (κ1) is 12.5. The molecular weight excluding hydrogens is 230 g/mol. The van der Waals surface area contributed by atoms with Gasteiger partial charge in [-0.25, -0.2) is 0 Å². The Balaban J connectivity index is 2.68. The van der Waals surface area contributed by atoms with Crippen LogP contribution in [0.2, 0.25) is 0 Å². The molecule has 18 heavy (non-hydrogen) atoms. The second kappa shape index (κ2) is 5.12. The minimum atomic E-state index is 0.00755. The average Bonchev–Trinajstić information content (AvgIpc) is 2.37. The van der Waals surface area contributed by atoms with Crippen molar-refractivity contribution in [1.29, 1.82) is 0 Å². The third kappa shape index (κ3) is 2.18. The van der Waals surface area contributed by atoms with Crippen molar-refractivity contribution in [3.8, 4) is 11.5 Å². The zero-order valence-corrected chi connectivity index (χ0v) is 10.9. The van der Waals surface area contributed by atoms with Gasteiger partial charge in [0.15, 0.2) is 16.9 Å². The number of rotatable bonds is 4. The lowest BCUT2D eigenvalue weighted by molar-refractivity contribution is 0.355. The molecule has 0 spiro atoms. The fraction of sp³-hybridized carbons (Fsp3) is 0.357. The first-order valence-electron chi connectivity index (χ1n) is 5.97. The monoisotopic (exact) mass is 247 g/mol. The van der Waals surface area contributed by atoms with Crippen LogP contribution in [-0.2, 0) is 6.42 Å². The van der Waals surface area contributed by atoms with Crippen LogP contribution in [0.1, 0.15) is 19.0 Å². The molecule has 96 valence electrons. The first-order chi connectivity index (χ1) is 8.69. The smallest absolute Gasteiger partial charge is 0.189 e. The van der Waals surface area contributed by atoms with E-state index in [1.165, 1.54) is 0 Å². The SMILES string of the molecule is CCCc1cc(=O)c2cc(OC)c(OC)cc2[nH]1. The van der Waals surface area contributed by atoms with Gasteiger partial charge >= 0.3 is 0 Å². The van der Waals surface area contributed by atoms with E-state index in [9.17, 15) is 4.79 Å². The van der Waals surface area contributed by atoms with Gasteiger partial charge in [0, 0.05) is 23.2 Å². The summed E-state index contributed by atoms with van der Waals surface area (Å²) in [6.45, 7) is 2.08. The van der Waals surface area contributed by atoms with Gasteiger partial charge in [-0.05, 0) is 12.5 Å². The van der Waals surface area contributed by atoms with Gasteiger partial charge in [0.2, 0.25) is 0 Å². The highest BCUT2D eigenvalue weighted by molar-refractivity contribution is 5.82. The Hall–Kier alpha value is -1.97. The van der Waals surface area contributed by atoms with E-state index in [4.69, 9.17) is 9.47 Å². The molecule has 0 aliphatic carbocycles. The standard InChI is InChI=1S/C14H17NO3/c1-4-5-9-6-12(16)10-7-13(17-2)14(18-3)8-11(10)15-9/h6-8H,4-5H2,1-3H3,(H,15,16). The molecule has 0 aliphatic rings. The molecule has 0 aliphatic heterocycles. The highest BCUT2D eigenvalue weighted by Crippen LogP contribution is 2.30. The molecule has 0 fully saturated rings. The lowest BCUT2D eigenvalue weighted by atomic mass is 10.1. The molecule has 0 amide bonds. The summed E-state index contributed by atoms with van der Waals surface area (Å²) in [5, 5.41) is 0.618. The van der Waals surface area contributed by atoms with Gasteiger partial charge in [-0.3, -0.25) is 4.79 Å². The van der Waals surface area contributed by atoms with Crippen molar-refractivity contribution in [3.63, 3.8) is 0 Å². The molecule has 0 unspecified atom stereocenters. The summed E-state index contributed by atoms with van der Waals surface area (Å²) in [6.07, 6.45) is 1.86. The van der Waals surface area contributed by atoms with E-state index in [1.807, 2.05) is 0 Å². The van der Waals surface area contributed by atoms with Crippen LogP contribution in [0.25, 0.3) is 10.9 Å². The fourth-order valence-electron chi connectivity index (χ4n) is 2.04. The number of hydrogen-bond acceptors (Lipinski definition) is 3. The molecule has 0 atom stereocenters. The number of aromatic amines is 1. The predicted molar refractivity (Wildman–Crippen MR) is 71.7 cm³/mol. The topological polar surface area (TPSA) is 51.3 Å². The van der Waals surface area contributed by atoms with Crippen LogP contribution in [-0.4, -0.2) is 19.2 Å². The van der Waals surface area contributed by atoms with Crippen LogP contribution in [0.3, 0.4) is 0 Å². The second-order valence-corrected chi connectivity index (χ2v) is 4.16. The van der Waals surface area contributed by atoms with E-state index in [0.717, 1.165) is 24.1 Å². The minimum Gasteiger partial charge on any atom is -0.493 e. The average molecular weight is 247 g/mol. The number of fused-ring (bicyclic) bond motifs is 1. The quantitative estimate of drug-likeness (QED) is 0.903. The Kier molecular flexibility index (Phi) is 3.55. The Morgan fingerprint density at radius 2 is 1.78 bits per heavy atom. The Morgan fingerprint density at radius 1 is 1.11 bits per heavy atom. The van der Waals surface area contributed by atoms with Gasteiger partial charge in [0.25, 0.3) is 0 Å².